The summed E-state index contributed by atoms with van der Waals surface area (Å²) in [6.45, 7) is 8.56. The number of nitrogens with one attached hydrogen (secondary N) is 1. The second kappa shape index (κ2) is 10.9. The van der Waals surface area contributed by atoms with Crippen LogP contribution < -0.4 is 10.9 Å². The zero-order valence-electron chi connectivity index (χ0n) is 21.3. The molecule has 0 unspecified atom stereocenters. The van der Waals surface area contributed by atoms with Crippen molar-refractivity contribution in [3.05, 3.63) is 81.4 Å². The number of halogens is 1. The van der Waals surface area contributed by atoms with Crippen LogP contribution in [0.2, 0.25) is 0 Å². The van der Waals surface area contributed by atoms with E-state index in [2.05, 4.69) is 48.3 Å². The summed E-state index contributed by atoms with van der Waals surface area (Å²) < 4.78 is 15.5. The Morgan fingerprint density at radius 1 is 1.06 bits per heavy atom. The lowest BCUT2D eigenvalue weighted by Gasteiger charge is -2.32. The van der Waals surface area contributed by atoms with E-state index >= 15 is 0 Å². The molecule has 2 aliphatic rings. The van der Waals surface area contributed by atoms with Gasteiger partial charge in [0, 0.05) is 49.4 Å². The van der Waals surface area contributed by atoms with E-state index in [1.165, 1.54) is 34.5 Å². The van der Waals surface area contributed by atoms with Crippen LogP contribution in [0.5, 0.6) is 0 Å². The van der Waals surface area contributed by atoms with Crippen molar-refractivity contribution in [3.8, 4) is 0 Å². The van der Waals surface area contributed by atoms with Gasteiger partial charge in [0.05, 0.1) is 11.2 Å². The molecular formula is C30H35FN4O. The molecule has 0 bridgehead atoms. The number of likely N-dealkylation sites (tertiary alicyclic amines) is 1. The van der Waals surface area contributed by atoms with E-state index in [1.807, 2.05) is 0 Å². The molecule has 3 heterocycles. The minimum absolute atomic E-state index is 0.0768. The van der Waals surface area contributed by atoms with Crippen molar-refractivity contribution in [2.45, 2.75) is 58.7 Å². The maximum atomic E-state index is 13.8. The molecule has 0 radical (unpaired) electrons. The van der Waals surface area contributed by atoms with E-state index in [0.29, 0.717) is 18.1 Å². The summed E-state index contributed by atoms with van der Waals surface area (Å²) in [6.07, 6.45) is 6.38. The SMILES string of the molecule is CCC1=Nc2ccc(CNC3CCN(CCn4c(=O)ccc5ccc(F)cc54)CC3)cc2C=C(C)C1. The highest BCUT2D eigenvalue weighted by Gasteiger charge is 2.19. The van der Waals surface area contributed by atoms with Crippen LogP contribution in [-0.4, -0.2) is 40.9 Å². The molecule has 188 valence electrons. The van der Waals surface area contributed by atoms with E-state index in [0.717, 1.165) is 62.9 Å². The Bertz CT molecular complexity index is 1370. The average molecular weight is 487 g/mol. The lowest BCUT2D eigenvalue weighted by Crippen LogP contribution is -2.43. The predicted molar refractivity (Wildman–Crippen MR) is 147 cm³/mol. The van der Waals surface area contributed by atoms with Gasteiger partial charge < -0.3 is 14.8 Å². The molecule has 1 N–H and O–H groups in total. The number of aliphatic imine (C=N–C) groups is 1. The summed E-state index contributed by atoms with van der Waals surface area (Å²) >= 11 is 0. The van der Waals surface area contributed by atoms with E-state index in [9.17, 15) is 9.18 Å². The summed E-state index contributed by atoms with van der Waals surface area (Å²) in [5, 5.41) is 4.63. The number of nitrogens with zero attached hydrogens (tertiary/aromatic N) is 3. The number of rotatable bonds is 7. The number of allylic oxidation sites excluding steroid dienone is 1. The summed E-state index contributed by atoms with van der Waals surface area (Å²) in [6, 6.07) is 15.1. The van der Waals surface area contributed by atoms with Gasteiger partial charge >= 0.3 is 0 Å². The Morgan fingerprint density at radius 3 is 2.67 bits per heavy atom. The van der Waals surface area contributed by atoms with Crippen molar-refractivity contribution in [2.24, 2.45) is 4.99 Å². The third-order valence-electron chi connectivity index (χ3n) is 7.44. The molecule has 1 saturated heterocycles. The summed E-state index contributed by atoms with van der Waals surface area (Å²) in [5.41, 5.74) is 6.79. The number of hydrogen-bond acceptors (Lipinski definition) is 4. The molecule has 0 saturated carbocycles. The fourth-order valence-electron chi connectivity index (χ4n) is 5.34. The molecule has 6 heteroatoms. The van der Waals surface area contributed by atoms with Crippen LogP contribution in [0.1, 0.15) is 50.7 Å². The minimum atomic E-state index is -0.312. The lowest BCUT2D eigenvalue weighted by atomic mass is 10.0. The molecule has 0 amide bonds. The summed E-state index contributed by atoms with van der Waals surface area (Å²) in [7, 11) is 0. The Kier molecular flexibility index (Phi) is 7.44. The average Bonchev–Trinajstić information content (AvgIpc) is 3.04. The van der Waals surface area contributed by atoms with Gasteiger partial charge in [-0.25, -0.2) is 4.39 Å². The van der Waals surface area contributed by atoms with Gasteiger partial charge in [-0.15, -0.1) is 0 Å². The minimum Gasteiger partial charge on any atom is -0.310 e. The highest BCUT2D eigenvalue weighted by molar-refractivity contribution is 5.92. The van der Waals surface area contributed by atoms with Gasteiger partial charge in [0.15, 0.2) is 0 Å². The van der Waals surface area contributed by atoms with Crippen molar-refractivity contribution in [3.63, 3.8) is 0 Å². The molecule has 1 fully saturated rings. The quantitative estimate of drug-likeness (QED) is 0.467. The van der Waals surface area contributed by atoms with E-state index in [1.54, 1.807) is 22.8 Å². The summed E-state index contributed by atoms with van der Waals surface area (Å²) in [4.78, 5) is 19.7. The number of piperidine rings is 1. The highest BCUT2D eigenvalue weighted by atomic mass is 19.1. The molecule has 5 nitrogen and oxygen atoms in total. The summed E-state index contributed by atoms with van der Waals surface area (Å²) in [5.74, 6) is -0.312. The standard InChI is InChI=1S/C30H35FN4O/c1-3-26-17-21(2)16-24-18-22(4-8-28(24)33-26)20-32-27-10-12-34(13-11-27)14-15-35-29-19-25(31)7-5-23(29)6-9-30(35)36/h4-9,16,18-19,27,32H,3,10-15,17,20H2,1-2H3. The van der Waals surface area contributed by atoms with Gasteiger partial charge in [0.2, 0.25) is 0 Å². The van der Waals surface area contributed by atoms with Gasteiger partial charge in [-0.3, -0.25) is 9.79 Å². The predicted octanol–water partition coefficient (Wildman–Crippen LogP) is 5.68. The van der Waals surface area contributed by atoms with Crippen LogP contribution in [0.4, 0.5) is 10.1 Å². The molecule has 1 aromatic heterocycles. The first-order chi connectivity index (χ1) is 17.5. The third-order valence-corrected chi connectivity index (χ3v) is 7.44. The molecule has 3 aromatic rings. The van der Waals surface area contributed by atoms with E-state index in [4.69, 9.17) is 4.99 Å². The smallest absolute Gasteiger partial charge is 0.251 e. The number of fused-ring (bicyclic) bond motifs is 2. The van der Waals surface area contributed by atoms with Gasteiger partial charge in [0.25, 0.3) is 5.56 Å². The maximum absolute atomic E-state index is 13.8. The second-order valence-electron chi connectivity index (χ2n) is 10.1. The molecule has 36 heavy (non-hydrogen) atoms. The van der Waals surface area contributed by atoms with Gasteiger partial charge in [-0.2, -0.15) is 0 Å². The lowest BCUT2D eigenvalue weighted by molar-refractivity contribution is 0.191. The topological polar surface area (TPSA) is 49.6 Å². The Hall–Kier alpha value is -3.09. The fourth-order valence-corrected chi connectivity index (χ4v) is 5.34. The van der Waals surface area contributed by atoms with Crippen LogP contribution in [-0.2, 0) is 13.1 Å². The number of benzene rings is 2. The van der Waals surface area contributed by atoms with Crippen molar-refractivity contribution < 1.29 is 4.39 Å². The zero-order valence-corrected chi connectivity index (χ0v) is 21.3. The van der Waals surface area contributed by atoms with Crippen LogP contribution in [0, 0.1) is 5.82 Å². The van der Waals surface area contributed by atoms with Crippen molar-refractivity contribution in [2.75, 3.05) is 19.6 Å². The van der Waals surface area contributed by atoms with E-state index in [-0.39, 0.29) is 11.4 Å². The largest absolute Gasteiger partial charge is 0.310 e. The second-order valence-corrected chi connectivity index (χ2v) is 10.1. The van der Waals surface area contributed by atoms with Crippen molar-refractivity contribution in [1.82, 2.24) is 14.8 Å². The first-order valence-electron chi connectivity index (χ1n) is 13.1. The van der Waals surface area contributed by atoms with Crippen LogP contribution >= 0.6 is 0 Å². The first kappa shape index (κ1) is 24.6. The first-order valence-corrected chi connectivity index (χ1v) is 13.1. The van der Waals surface area contributed by atoms with Crippen molar-refractivity contribution >= 4 is 28.4 Å². The number of hydrogen-bond donors (Lipinski definition) is 1. The monoisotopic (exact) mass is 486 g/mol. The van der Waals surface area contributed by atoms with Gasteiger partial charge in [-0.1, -0.05) is 24.6 Å². The fraction of sp³-hybridized carbons (Fsp3) is 0.400. The van der Waals surface area contributed by atoms with E-state index < -0.39 is 0 Å². The molecule has 0 spiro atoms. The van der Waals surface area contributed by atoms with Crippen molar-refractivity contribution in [1.29, 1.82) is 0 Å². The van der Waals surface area contributed by atoms with Crippen LogP contribution in [0.15, 0.2) is 63.9 Å². The van der Waals surface area contributed by atoms with Crippen LogP contribution in [0.25, 0.3) is 17.0 Å². The third kappa shape index (κ3) is 5.66. The van der Waals surface area contributed by atoms with Crippen LogP contribution in [0.3, 0.4) is 0 Å². The van der Waals surface area contributed by atoms with Gasteiger partial charge in [-0.05, 0) is 86.6 Å². The molecule has 0 atom stereocenters. The molecule has 5 rings (SSSR count). The Labute approximate surface area is 212 Å². The maximum Gasteiger partial charge on any atom is 0.251 e. The number of aromatic nitrogens is 1. The number of pyridine rings is 1. The van der Waals surface area contributed by atoms with Gasteiger partial charge in [0.1, 0.15) is 5.82 Å². The molecular weight excluding hydrogens is 451 g/mol. The zero-order chi connectivity index (χ0) is 25.1. The molecule has 2 aromatic carbocycles. The Balaban J connectivity index is 1.14. The molecule has 2 aliphatic heterocycles. The molecule has 0 aliphatic carbocycles. The Morgan fingerprint density at radius 2 is 1.86 bits per heavy atom. The normalized spacial score (nSPS) is 17.0. The highest BCUT2D eigenvalue weighted by Crippen LogP contribution is 2.28.